The number of piperidine rings is 1. The van der Waals surface area contributed by atoms with Gasteiger partial charge in [-0.2, -0.15) is 5.21 Å². The number of carbonyl (C=O) groups excluding carboxylic acids is 5. The lowest BCUT2D eigenvalue weighted by atomic mass is 9.77. The molecule has 15 nitrogen and oxygen atoms in total. The van der Waals surface area contributed by atoms with Crippen LogP contribution in [0.4, 0.5) is 15.3 Å². The maximum absolute atomic E-state index is 14.1. The van der Waals surface area contributed by atoms with Crippen LogP contribution in [0.1, 0.15) is 108 Å². The van der Waals surface area contributed by atoms with Gasteiger partial charge in [0.05, 0.1) is 0 Å². The number of ketones is 1. The molecule has 1 saturated heterocycles. The second-order valence-corrected chi connectivity index (χ2v) is 18.9. The molecule has 1 saturated carbocycles. The topological polar surface area (TPSA) is 198 Å². The van der Waals surface area contributed by atoms with Crippen molar-refractivity contribution < 1.29 is 33.4 Å². The Labute approximate surface area is 369 Å². The van der Waals surface area contributed by atoms with Gasteiger partial charge in [-0.05, 0) is 163 Å². The summed E-state index contributed by atoms with van der Waals surface area (Å²) in [6.07, 6.45) is 3.93. The first-order valence-electron chi connectivity index (χ1n) is 22.0. The second-order valence-electron chi connectivity index (χ2n) is 18.9. The van der Waals surface area contributed by atoms with Crippen molar-refractivity contribution in [2.45, 2.75) is 117 Å². The van der Waals surface area contributed by atoms with E-state index in [9.17, 15) is 24.0 Å². The van der Waals surface area contributed by atoms with Crippen molar-refractivity contribution in [2.24, 2.45) is 17.8 Å². The van der Waals surface area contributed by atoms with E-state index in [0.29, 0.717) is 68.8 Å². The molecule has 0 radical (unpaired) electrons. The number of Topliss-reactive ketones (excluding diaryl/α,β-unsaturated/α-hetero) is 1. The fourth-order valence-corrected chi connectivity index (χ4v) is 8.12. The molecule has 2 fully saturated rings. The van der Waals surface area contributed by atoms with E-state index in [2.05, 4.69) is 42.6 Å². The molecule has 0 unspecified atom stereocenters. The molecule has 4 N–H and O–H groups in total. The van der Waals surface area contributed by atoms with Crippen LogP contribution in [-0.2, 0) is 25.5 Å². The molecular formula is C48H62N8O7. The normalized spacial score (nSPS) is 17.6. The molecule has 4 aromatic rings. The summed E-state index contributed by atoms with van der Waals surface area (Å²) in [4.78, 5) is 67.7. The van der Waals surface area contributed by atoms with Crippen LogP contribution in [0.2, 0.25) is 0 Å². The van der Waals surface area contributed by atoms with Crippen LogP contribution in [0, 0.1) is 24.7 Å². The van der Waals surface area contributed by atoms with Crippen LogP contribution in [0.3, 0.4) is 0 Å². The van der Waals surface area contributed by atoms with Gasteiger partial charge in [-0.25, -0.2) is 9.59 Å². The number of hydrogen-bond acceptors (Lipinski definition) is 10. The van der Waals surface area contributed by atoms with Gasteiger partial charge >= 0.3 is 12.2 Å². The fourth-order valence-electron chi connectivity index (χ4n) is 8.12. The zero-order valence-electron chi connectivity index (χ0n) is 37.6. The molecule has 6 rings (SSSR count). The van der Waals surface area contributed by atoms with E-state index < -0.39 is 23.2 Å². The number of tetrazole rings is 1. The molecular weight excluding hydrogens is 801 g/mol. The van der Waals surface area contributed by atoms with Gasteiger partial charge in [0.2, 0.25) is 11.7 Å². The number of nitrogens with one attached hydrogen (secondary N) is 4. The van der Waals surface area contributed by atoms with Crippen molar-refractivity contribution in [3.63, 3.8) is 0 Å². The highest BCUT2D eigenvalue weighted by molar-refractivity contribution is 5.96. The summed E-state index contributed by atoms with van der Waals surface area (Å²) in [5, 5.41) is 23.1. The predicted molar refractivity (Wildman–Crippen MR) is 240 cm³/mol. The predicted octanol–water partition coefficient (Wildman–Crippen LogP) is 8.06. The van der Waals surface area contributed by atoms with Crippen molar-refractivity contribution in [1.29, 1.82) is 0 Å². The van der Waals surface area contributed by atoms with Crippen LogP contribution >= 0.6 is 0 Å². The van der Waals surface area contributed by atoms with Gasteiger partial charge in [0, 0.05) is 60.7 Å². The number of nitrogens with zero attached hydrogens (tertiary/aromatic N) is 4. The first-order valence-corrected chi connectivity index (χ1v) is 22.0. The van der Waals surface area contributed by atoms with Crippen LogP contribution in [-0.4, -0.2) is 92.2 Å². The Bertz CT molecular complexity index is 2200. The van der Waals surface area contributed by atoms with Crippen LogP contribution in [0.25, 0.3) is 22.5 Å². The molecule has 2 aliphatic rings. The summed E-state index contributed by atoms with van der Waals surface area (Å²) in [6, 6.07) is 20.7. The average Bonchev–Trinajstić information content (AvgIpc) is 3.78. The minimum atomic E-state index is -0.640. The zero-order chi connectivity index (χ0) is 45.3. The van der Waals surface area contributed by atoms with E-state index in [0.717, 1.165) is 40.7 Å². The number of hydrogen-bond donors (Lipinski definition) is 4. The quantitative estimate of drug-likeness (QED) is 0.102. The van der Waals surface area contributed by atoms with Crippen molar-refractivity contribution >= 4 is 35.5 Å². The highest BCUT2D eigenvalue weighted by Crippen LogP contribution is 2.33. The van der Waals surface area contributed by atoms with Crippen LogP contribution in [0.5, 0.6) is 0 Å². The summed E-state index contributed by atoms with van der Waals surface area (Å²) in [5.74, 6) is -0.471. The molecule has 3 aromatic carbocycles. The monoisotopic (exact) mass is 862 g/mol. The highest BCUT2D eigenvalue weighted by Gasteiger charge is 2.32. The van der Waals surface area contributed by atoms with Gasteiger partial charge in [-0.15, -0.1) is 10.2 Å². The van der Waals surface area contributed by atoms with Gasteiger partial charge in [-0.1, -0.05) is 30.3 Å². The molecule has 1 aliphatic heterocycles. The number of carbonyl (C=O) groups is 5. The van der Waals surface area contributed by atoms with Crippen molar-refractivity contribution in [3.8, 4) is 22.5 Å². The van der Waals surface area contributed by atoms with E-state index in [4.69, 9.17) is 9.47 Å². The zero-order valence-corrected chi connectivity index (χ0v) is 37.6. The largest absolute Gasteiger partial charge is 0.444 e. The van der Waals surface area contributed by atoms with E-state index in [1.54, 1.807) is 29.2 Å². The Balaban J connectivity index is 1.10. The molecule has 336 valence electrons. The first kappa shape index (κ1) is 46.4. The summed E-state index contributed by atoms with van der Waals surface area (Å²) >= 11 is 0. The third-order valence-corrected chi connectivity index (χ3v) is 11.5. The Morgan fingerprint density at radius 1 is 0.810 bits per heavy atom. The number of rotatable bonds is 13. The Morgan fingerprint density at radius 2 is 1.46 bits per heavy atom. The number of aryl methyl sites for hydroxylation is 1. The van der Waals surface area contributed by atoms with Gasteiger partial charge in [0.25, 0.3) is 5.91 Å². The average molecular weight is 863 g/mol. The lowest BCUT2D eigenvalue weighted by Crippen LogP contribution is -2.47. The molecule has 15 heteroatoms. The molecule has 1 aromatic heterocycles. The number of amides is 4. The van der Waals surface area contributed by atoms with Crippen LogP contribution < -0.4 is 16.0 Å². The molecule has 63 heavy (non-hydrogen) atoms. The summed E-state index contributed by atoms with van der Waals surface area (Å²) in [7, 11) is 0. The van der Waals surface area contributed by atoms with Crippen LogP contribution in [0.15, 0.2) is 66.7 Å². The van der Waals surface area contributed by atoms with Crippen molar-refractivity contribution in [2.75, 3.05) is 25.0 Å². The molecule has 0 spiro atoms. The number of aromatic nitrogens is 4. The maximum Gasteiger partial charge on any atom is 0.410 e. The molecule has 1 atom stereocenters. The van der Waals surface area contributed by atoms with Crippen molar-refractivity contribution in [3.05, 3.63) is 83.4 Å². The number of aromatic amines is 1. The third-order valence-electron chi connectivity index (χ3n) is 11.5. The second kappa shape index (κ2) is 20.4. The minimum Gasteiger partial charge on any atom is -0.444 e. The SMILES string of the molecule is Cc1ccc(C[C@H](CC(=O)C2CCC(CNC(=O)OC(C)(C)C)CC2)C(=O)Nc2ccc(-c3nn[nH]n3)cc2)cc1-c1ccc(C(=O)NC2CCN(C(=O)OC(C)(C)C)CC2)cc1. The lowest BCUT2D eigenvalue weighted by molar-refractivity contribution is -0.129. The number of benzene rings is 3. The number of likely N-dealkylation sites (tertiary alicyclic amines) is 1. The number of H-pyrrole nitrogens is 1. The standard InChI is InChI=1S/C48H62N8O7/c1-30-8-9-32(27-40(30)33-14-16-36(17-15-33)43(58)51-39-22-24-56(25-23-39)46(61)63-48(5,6)7)26-37(44(59)50-38-20-18-35(19-21-38)42-52-54-55-53-42)28-41(57)34-12-10-31(11-13-34)29-49-45(60)62-47(2,3)4/h8-9,14-21,27,31,34,37,39H,10-13,22-26,28-29H2,1-7H3,(H,49,60)(H,50,59)(H,51,58)(H,52,53,54,55)/t31?,34?,37-/m1/s1. The van der Waals surface area contributed by atoms with Gasteiger partial charge in [-0.3, -0.25) is 14.4 Å². The van der Waals surface area contributed by atoms with Crippen molar-refractivity contribution in [1.82, 2.24) is 36.2 Å². The number of alkyl carbamates (subject to hydrolysis) is 1. The number of ether oxygens (including phenoxy) is 2. The molecule has 1 aliphatic carbocycles. The minimum absolute atomic E-state index is 0.0500. The molecule has 4 amide bonds. The Morgan fingerprint density at radius 3 is 2.08 bits per heavy atom. The number of anilines is 1. The lowest BCUT2D eigenvalue weighted by Gasteiger charge is -2.33. The Kier molecular flexibility index (Phi) is 15.0. The maximum atomic E-state index is 14.1. The van der Waals surface area contributed by atoms with E-state index >= 15 is 0 Å². The van der Waals surface area contributed by atoms with E-state index in [-0.39, 0.29) is 48.0 Å². The summed E-state index contributed by atoms with van der Waals surface area (Å²) in [5.41, 5.74) is 4.56. The van der Waals surface area contributed by atoms with Gasteiger partial charge in [0.1, 0.15) is 17.0 Å². The van der Waals surface area contributed by atoms with Gasteiger partial charge < -0.3 is 30.3 Å². The third kappa shape index (κ3) is 13.7. The summed E-state index contributed by atoms with van der Waals surface area (Å²) < 4.78 is 10.9. The smallest absolute Gasteiger partial charge is 0.410 e. The summed E-state index contributed by atoms with van der Waals surface area (Å²) in [6.45, 7) is 14.6. The van der Waals surface area contributed by atoms with E-state index in [1.165, 1.54) is 0 Å². The molecule has 2 heterocycles. The Hall–Kier alpha value is -6.12. The fraction of sp³-hybridized carbons (Fsp3) is 0.500. The molecule has 0 bridgehead atoms. The first-order chi connectivity index (χ1) is 29.9. The van der Waals surface area contributed by atoms with E-state index in [1.807, 2.05) is 84.9 Å². The highest BCUT2D eigenvalue weighted by atomic mass is 16.6. The van der Waals surface area contributed by atoms with Gasteiger partial charge in [0.15, 0.2) is 0 Å².